The van der Waals surface area contributed by atoms with Gasteiger partial charge in [0.2, 0.25) is 0 Å². The van der Waals surface area contributed by atoms with Gasteiger partial charge in [-0.1, -0.05) is 13.8 Å². The SMILES string of the molecule is CC(C)c1nc2ccc(C(=O)N3CCCCC3)cc2s1. The molecular formula is C16H20N2OS. The second-order valence-electron chi connectivity index (χ2n) is 5.74. The second-order valence-corrected chi connectivity index (χ2v) is 6.80. The van der Waals surface area contributed by atoms with E-state index in [1.165, 1.54) is 6.42 Å². The van der Waals surface area contributed by atoms with E-state index < -0.39 is 0 Å². The first-order valence-corrected chi connectivity index (χ1v) is 8.16. The molecule has 1 aromatic heterocycles. The zero-order valence-corrected chi connectivity index (χ0v) is 12.9. The number of benzene rings is 1. The zero-order valence-electron chi connectivity index (χ0n) is 12.1. The minimum atomic E-state index is 0.172. The fourth-order valence-corrected chi connectivity index (χ4v) is 3.61. The van der Waals surface area contributed by atoms with E-state index >= 15 is 0 Å². The highest BCUT2D eigenvalue weighted by Gasteiger charge is 2.19. The maximum atomic E-state index is 12.5. The summed E-state index contributed by atoms with van der Waals surface area (Å²) in [7, 11) is 0. The van der Waals surface area contributed by atoms with E-state index in [1.54, 1.807) is 11.3 Å². The first-order chi connectivity index (χ1) is 9.65. The molecule has 20 heavy (non-hydrogen) atoms. The van der Waals surface area contributed by atoms with E-state index in [0.717, 1.165) is 46.7 Å². The molecule has 0 unspecified atom stereocenters. The average Bonchev–Trinajstić information content (AvgIpc) is 2.90. The molecule has 106 valence electrons. The Morgan fingerprint density at radius 1 is 1.25 bits per heavy atom. The topological polar surface area (TPSA) is 33.2 Å². The Labute approximate surface area is 123 Å². The van der Waals surface area contributed by atoms with Crippen LogP contribution in [0.15, 0.2) is 18.2 Å². The van der Waals surface area contributed by atoms with Gasteiger partial charge in [-0.25, -0.2) is 4.98 Å². The van der Waals surface area contributed by atoms with E-state index in [4.69, 9.17) is 0 Å². The molecule has 4 heteroatoms. The molecule has 1 aromatic carbocycles. The smallest absolute Gasteiger partial charge is 0.253 e. The molecule has 1 saturated heterocycles. The van der Waals surface area contributed by atoms with Crippen molar-refractivity contribution in [2.45, 2.75) is 39.0 Å². The molecule has 0 radical (unpaired) electrons. The molecule has 0 bridgehead atoms. The Kier molecular flexibility index (Phi) is 3.74. The predicted octanol–water partition coefficient (Wildman–Crippen LogP) is 4.05. The first-order valence-electron chi connectivity index (χ1n) is 7.35. The van der Waals surface area contributed by atoms with Crippen LogP contribution in [-0.2, 0) is 0 Å². The van der Waals surface area contributed by atoms with E-state index in [-0.39, 0.29) is 5.91 Å². The first kappa shape index (κ1) is 13.6. The highest BCUT2D eigenvalue weighted by molar-refractivity contribution is 7.18. The Balaban J connectivity index is 1.89. The standard InChI is InChI=1S/C16H20N2OS/c1-11(2)15-17-13-7-6-12(10-14(13)20-15)16(19)18-8-4-3-5-9-18/h6-7,10-11H,3-5,8-9H2,1-2H3. The third-order valence-electron chi connectivity index (χ3n) is 3.79. The lowest BCUT2D eigenvalue weighted by Gasteiger charge is -2.26. The maximum absolute atomic E-state index is 12.5. The molecule has 1 amide bonds. The lowest BCUT2D eigenvalue weighted by atomic mass is 10.1. The number of piperidine rings is 1. The molecule has 0 N–H and O–H groups in total. The van der Waals surface area contributed by atoms with Crippen molar-refractivity contribution in [1.82, 2.24) is 9.88 Å². The van der Waals surface area contributed by atoms with Gasteiger partial charge < -0.3 is 4.90 Å². The van der Waals surface area contributed by atoms with Gasteiger partial charge in [0.1, 0.15) is 0 Å². The van der Waals surface area contributed by atoms with Crippen LogP contribution in [0.2, 0.25) is 0 Å². The number of hydrogen-bond acceptors (Lipinski definition) is 3. The van der Waals surface area contributed by atoms with Gasteiger partial charge in [-0.15, -0.1) is 11.3 Å². The maximum Gasteiger partial charge on any atom is 0.253 e. The summed E-state index contributed by atoms with van der Waals surface area (Å²) < 4.78 is 1.12. The van der Waals surface area contributed by atoms with E-state index in [9.17, 15) is 4.79 Å². The predicted molar refractivity (Wildman–Crippen MR) is 83.5 cm³/mol. The van der Waals surface area contributed by atoms with Crippen molar-refractivity contribution in [3.63, 3.8) is 0 Å². The Morgan fingerprint density at radius 3 is 2.70 bits per heavy atom. The molecule has 2 aromatic rings. The molecule has 2 heterocycles. The largest absolute Gasteiger partial charge is 0.339 e. The van der Waals surface area contributed by atoms with Gasteiger partial charge in [0.15, 0.2) is 0 Å². The van der Waals surface area contributed by atoms with Gasteiger partial charge in [0.25, 0.3) is 5.91 Å². The Hall–Kier alpha value is -1.42. The Morgan fingerprint density at radius 2 is 2.00 bits per heavy atom. The second kappa shape index (κ2) is 5.52. The number of amides is 1. The molecule has 1 aliphatic rings. The van der Waals surface area contributed by atoms with Crippen LogP contribution in [0.4, 0.5) is 0 Å². The van der Waals surface area contributed by atoms with Crippen LogP contribution in [0.25, 0.3) is 10.2 Å². The fourth-order valence-electron chi connectivity index (χ4n) is 2.60. The van der Waals surface area contributed by atoms with Crippen LogP contribution in [0.3, 0.4) is 0 Å². The van der Waals surface area contributed by atoms with Crippen LogP contribution >= 0.6 is 11.3 Å². The van der Waals surface area contributed by atoms with Crippen LogP contribution in [0.1, 0.15) is 54.4 Å². The summed E-state index contributed by atoms with van der Waals surface area (Å²) in [5.74, 6) is 0.611. The Bertz CT molecular complexity index is 626. The monoisotopic (exact) mass is 288 g/mol. The lowest BCUT2D eigenvalue weighted by molar-refractivity contribution is 0.0724. The number of thiazole rings is 1. The lowest BCUT2D eigenvalue weighted by Crippen LogP contribution is -2.35. The zero-order chi connectivity index (χ0) is 14.1. The van der Waals surface area contributed by atoms with E-state index in [0.29, 0.717) is 5.92 Å². The van der Waals surface area contributed by atoms with Crippen molar-refractivity contribution in [1.29, 1.82) is 0 Å². The number of likely N-dealkylation sites (tertiary alicyclic amines) is 1. The van der Waals surface area contributed by atoms with Crippen molar-refractivity contribution in [3.8, 4) is 0 Å². The molecule has 1 aliphatic heterocycles. The van der Waals surface area contributed by atoms with Crippen LogP contribution in [0, 0.1) is 0 Å². The molecule has 0 atom stereocenters. The van der Waals surface area contributed by atoms with Gasteiger partial charge in [-0.2, -0.15) is 0 Å². The van der Waals surface area contributed by atoms with Gasteiger partial charge in [0, 0.05) is 24.6 Å². The van der Waals surface area contributed by atoms with Crippen LogP contribution < -0.4 is 0 Å². The van der Waals surface area contributed by atoms with E-state index in [2.05, 4.69) is 18.8 Å². The summed E-state index contributed by atoms with van der Waals surface area (Å²) in [5, 5.41) is 1.14. The summed E-state index contributed by atoms with van der Waals surface area (Å²) in [5.41, 5.74) is 1.81. The normalized spacial score (nSPS) is 16.1. The molecule has 1 fully saturated rings. The quantitative estimate of drug-likeness (QED) is 0.835. The van der Waals surface area contributed by atoms with Gasteiger partial charge in [0.05, 0.1) is 15.2 Å². The van der Waals surface area contributed by atoms with Crippen molar-refractivity contribution < 1.29 is 4.79 Å². The number of fused-ring (bicyclic) bond motifs is 1. The van der Waals surface area contributed by atoms with Crippen molar-refractivity contribution in [2.75, 3.05) is 13.1 Å². The van der Waals surface area contributed by atoms with Crippen molar-refractivity contribution >= 4 is 27.5 Å². The van der Waals surface area contributed by atoms with Gasteiger partial charge >= 0.3 is 0 Å². The summed E-state index contributed by atoms with van der Waals surface area (Å²) >= 11 is 1.70. The fraction of sp³-hybridized carbons (Fsp3) is 0.500. The number of carbonyl (C=O) groups is 1. The van der Waals surface area contributed by atoms with Crippen molar-refractivity contribution in [3.05, 3.63) is 28.8 Å². The highest BCUT2D eigenvalue weighted by Crippen LogP contribution is 2.28. The minimum absolute atomic E-state index is 0.172. The highest BCUT2D eigenvalue weighted by atomic mass is 32.1. The summed E-state index contributed by atoms with van der Waals surface area (Å²) in [4.78, 5) is 19.1. The molecule has 0 spiro atoms. The molecule has 3 rings (SSSR count). The summed E-state index contributed by atoms with van der Waals surface area (Å²) in [6, 6.07) is 5.91. The van der Waals surface area contributed by atoms with Gasteiger partial charge in [-0.05, 0) is 37.5 Å². The molecule has 3 nitrogen and oxygen atoms in total. The van der Waals surface area contributed by atoms with Crippen LogP contribution in [-0.4, -0.2) is 28.9 Å². The third-order valence-corrected chi connectivity index (χ3v) is 5.11. The number of aromatic nitrogens is 1. The number of nitrogens with zero attached hydrogens (tertiary/aromatic N) is 2. The summed E-state index contributed by atoms with van der Waals surface area (Å²) in [6.07, 6.45) is 3.51. The number of carbonyl (C=O) groups excluding carboxylic acids is 1. The number of hydrogen-bond donors (Lipinski definition) is 0. The van der Waals surface area contributed by atoms with Crippen molar-refractivity contribution in [2.24, 2.45) is 0 Å². The molecule has 0 aliphatic carbocycles. The van der Waals surface area contributed by atoms with Gasteiger partial charge in [-0.3, -0.25) is 4.79 Å². The third kappa shape index (κ3) is 2.57. The summed E-state index contributed by atoms with van der Waals surface area (Å²) in [6.45, 7) is 6.10. The average molecular weight is 288 g/mol. The van der Waals surface area contributed by atoms with E-state index in [1.807, 2.05) is 23.1 Å². The molecular weight excluding hydrogens is 268 g/mol. The van der Waals surface area contributed by atoms with Crippen LogP contribution in [0.5, 0.6) is 0 Å². The number of rotatable bonds is 2. The minimum Gasteiger partial charge on any atom is -0.339 e. The molecule has 0 saturated carbocycles.